The predicted octanol–water partition coefficient (Wildman–Crippen LogP) is 6.26. The van der Waals surface area contributed by atoms with Gasteiger partial charge in [0.05, 0.1) is 0 Å². The fraction of sp³-hybridized carbons (Fsp3) is 0.400. The van der Waals surface area contributed by atoms with Crippen molar-refractivity contribution in [2.45, 2.75) is 51.9 Å². The van der Waals surface area contributed by atoms with Gasteiger partial charge >= 0.3 is 0 Å². The molecule has 0 radical (unpaired) electrons. The predicted molar refractivity (Wildman–Crippen MR) is 89.0 cm³/mol. The summed E-state index contributed by atoms with van der Waals surface area (Å²) in [6.45, 7) is 2.27. The molecule has 2 aromatic carbocycles. The second-order valence-corrected chi connectivity index (χ2v) is 5.58. The molecule has 0 saturated heterocycles. The van der Waals surface area contributed by atoms with E-state index >= 15 is 0 Å². The van der Waals surface area contributed by atoms with Gasteiger partial charge in [-0.2, -0.15) is 0 Å². The molecule has 0 aliphatic carbocycles. The summed E-state index contributed by atoms with van der Waals surface area (Å²) in [7, 11) is 0. The molecule has 0 spiro atoms. The zero-order valence-electron chi connectivity index (χ0n) is 12.6. The summed E-state index contributed by atoms with van der Waals surface area (Å²) < 4.78 is 0. The van der Waals surface area contributed by atoms with E-state index in [4.69, 9.17) is 0 Å². The van der Waals surface area contributed by atoms with Gasteiger partial charge < -0.3 is 0 Å². The van der Waals surface area contributed by atoms with Crippen LogP contribution in [0, 0.1) is 0 Å². The normalized spacial score (nSPS) is 10.7. The molecular weight excluding hydrogens is 240 g/mol. The van der Waals surface area contributed by atoms with E-state index in [9.17, 15) is 0 Å². The quantitative estimate of drug-likeness (QED) is 0.495. The number of rotatable bonds is 8. The standard InChI is InChI=1S/C20H26/c1-2-3-4-5-6-8-12-18-13-11-16-20(17-18)19-14-9-7-10-15-19/h7,9-11,13-17H,2-6,8,12H2,1H3. The lowest BCUT2D eigenvalue weighted by Crippen LogP contribution is -1.87. The van der Waals surface area contributed by atoms with Crippen LogP contribution in [-0.2, 0) is 6.42 Å². The van der Waals surface area contributed by atoms with Gasteiger partial charge in [-0.15, -0.1) is 0 Å². The van der Waals surface area contributed by atoms with Crippen LogP contribution in [0.3, 0.4) is 0 Å². The summed E-state index contributed by atoms with van der Waals surface area (Å²) >= 11 is 0. The van der Waals surface area contributed by atoms with Crippen molar-refractivity contribution >= 4 is 0 Å². The second-order valence-electron chi connectivity index (χ2n) is 5.58. The van der Waals surface area contributed by atoms with Crippen molar-refractivity contribution in [2.24, 2.45) is 0 Å². The summed E-state index contributed by atoms with van der Waals surface area (Å²) in [6, 6.07) is 19.7. The lowest BCUT2D eigenvalue weighted by Gasteiger charge is -2.06. The Morgan fingerprint density at radius 1 is 0.650 bits per heavy atom. The van der Waals surface area contributed by atoms with E-state index in [-0.39, 0.29) is 0 Å². The molecule has 0 heterocycles. The Morgan fingerprint density at radius 3 is 2.15 bits per heavy atom. The van der Waals surface area contributed by atoms with Gasteiger partial charge in [0, 0.05) is 0 Å². The molecule has 0 atom stereocenters. The summed E-state index contributed by atoms with van der Waals surface area (Å²) in [6.07, 6.45) is 9.43. The highest BCUT2D eigenvalue weighted by Crippen LogP contribution is 2.21. The number of unbranched alkanes of at least 4 members (excludes halogenated alkanes) is 5. The van der Waals surface area contributed by atoms with E-state index in [0.29, 0.717) is 0 Å². The molecule has 0 saturated carbocycles. The molecule has 0 N–H and O–H groups in total. The Morgan fingerprint density at radius 2 is 1.35 bits per heavy atom. The molecule has 20 heavy (non-hydrogen) atoms. The van der Waals surface area contributed by atoms with Crippen molar-refractivity contribution < 1.29 is 0 Å². The first kappa shape index (κ1) is 14.8. The summed E-state index contributed by atoms with van der Waals surface area (Å²) in [5.41, 5.74) is 4.13. The average molecular weight is 266 g/mol. The molecule has 0 fully saturated rings. The monoisotopic (exact) mass is 266 g/mol. The third-order valence-corrected chi connectivity index (χ3v) is 3.85. The van der Waals surface area contributed by atoms with E-state index in [1.54, 1.807) is 0 Å². The van der Waals surface area contributed by atoms with E-state index < -0.39 is 0 Å². The van der Waals surface area contributed by atoms with Gasteiger partial charge in [-0.05, 0) is 29.5 Å². The van der Waals surface area contributed by atoms with E-state index in [2.05, 4.69) is 61.5 Å². The van der Waals surface area contributed by atoms with Crippen LogP contribution in [0.25, 0.3) is 11.1 Å². The van der Waals surface area contributed by atoms with Gasteiger partial charge in [0.25, 0.3) is 0 Å². The Kier molecular flexibility index (Phi) is 6.37. The molecular formula is C20H26. The highest BCUT2D eigenvalue weighted by Gasteiger charge is 1.99. The molecule has 0 aromatic heterocycles. The van der Waals surface area contributed by atoms with Crippen LogP contribution >= 0.6 is 0 Å². The molecule has 0 amide bonds. The lowest BCUT2D eigenvalue weighted by atomic mass is 10.00. The third-order valence-electron chi connectivity index (χ3n) is 3.85. The fourth-order valence-electron chi connectivity index (χ4n) is 2.65. The molecule has 0 aliphatic rings. The number of aryl methyl sites for hydroxylation is 1. The zero-order valence-corrected chi connectivity index (χ0v) is 12.6. The first-order chi connectivity index (χ1) is 9.90. The maximum absolute atomic E-state index is 2.35. The first-order valence-electron chi connectivity index (χ1n) is 8.04. The Labute approximate surface area is 123 Å². The van der Waals surface area contributed by atoms with Crippen LogP contribution in [0.5, 0.6) is 0 Å². The molecule has 2 rings (SSSR count). The second kappa shape index (κ2) is 8.58. The van der Waals surface area contributed by atoms with Crippen molar-refractivity contribution in [3.8, 4) is 11.1 Å². The van der Waals surface area contributed by atoms with Crippen molar-refractivity contribution in [1.29, 1.82) is 0 Å². The summed E-state index contributed by atoms with van der Waals surface area (Å²) in [5, 5.41) is 0. The van der Waals surface area contributed by atoms with Gasteiger partial charge in [0.15, 0.2) is 0 Å². The lowest BCUT2D eigenvalue weighted by molar-refractivity contribution is 0.607. The van der Waals surface area contributed by atoms with Crippen molar-refractivity contribution in [1.82, 2.24) is 0 Å². The number of hydrogen-bond acceptors (Lipinski definition) is 0. The van der Waals surface area contributed by atoms with Crippen molar-refractivity contribution in [3.63, 3.8) is 0 Å². The smallest absolute Gasteiger partial charge is 0.0181 e. The van der Waals surface area contributed by atoms with Crippen LogP contribution in [-0.4, -0.2) is 0 Å². The minimum absolute atomic E-state index is 1.22. The highest BCUT2D eigenvalue weighted by molar-refractivity contribution is 5.63. The van der Waals surface area contributed by atoms with Crippen LogP contribution in [0.15, 0.2) is 54.6 Å². The molecule has 0 nitrogen and oxygen atoms in total. The molecule has 0 bridgehead atoms. The number of benzene rings is 2. The van der Waals surface area contributed by atoms with Gasteiger partial charge in [-0.1, -0.05) is 93.6 Å². The molecule has 106 valence electrons. The van der Waals surface area contributed by atoms with Gasteiger partial charge in [0.1, 0.15) is 0 Å². The molecule has 0 aliphatic heterocycles. The highest BCUT2D eigenvalue weighted by atomic mass is 14.0. The van der Waals surface area contributed by atoms with Crippen LogP contribution in [0.4, 0.5) is 0 Å². The average Bonchev–Trinajstić information content (AvgIpc) is 2.52. The van der Waals surface area contributed by atoms with Gasteiger partial charge in [-0.3, -0.25) is 0 Å². The maximum Gasteiger partial charge on any atom is -0.0181 e. The number of hydrogen-bond donors (Lipinski definition) is 0. The van der Waals surface area contributed by atoms with Crippen LogP contribution in [0.2, 0.25) is 0 Å². The molecule has 0 unspecified atom stereocenters. The van der Waals surface area contributed by atoms with E-state index in [0.717, 1.165) is 0 Å². The first-order valence-corrected chi connectivity index (χ1v) is 8.04. The summed E-state index contributed by atoms with van der Waals surface area (Å²) in [4.78, 5) is 0. The fourth-order valence-corrected chi connectivity index (χ4v) is 2.65. The topological polar surface area (TPSA) is 0 Å². The SMILES string of the molecule is CCCCCCCCc1cccc(-c2ccccc2)c1. The van der Waals surface area contributed by atoms with Crippen LogP contribution < -0.4 is 0 Å². The van der Waals surface area contributed by atoms with E-state index in [1.807, 2.05) is 0 Å². The van der Waals surface area contributed by atoms with Crippen molar-refractivity contribution in [2.75, 3.05) is 0 Å². The van der Waals surface area contributed by atoms with Gasteiger partial charge in [0.2, 0.25) is 0 Å². The minimum atomic E-state index is 1.22. The maximum atomic E-state index is 2.35. The van der Waals surface area contributed by atoms with Crippen LogP contribution in [0.1, 0.15) is 51.0 Å². The van der Waals surface area contributed by atoms with E-state index in [1.165, 1.54) is 61.6 Å². The minimum Gasteiger partial charge on any atom is -0.0654 e. The Hall–Kier alpha value is -1.56. The van der Waals surface area contributed by atoms with Gasteiger partial charge in [-0.25, -0.2) is 0 Å². The largest absolute Gasteiger partial charge is 0.0654 e. The summed E-state index contributed by atoms with van der Waals surface area (Å²) in [5.74, 6) is 0. The molecule has 0 heteroatoms. The third kappa shape index (κ3) is 4.85. The Balaban J connectivity index is 1.84. The Bertz CT molecular complexity index is 484. The van der Waals surface area contributed by atoms with Crippen molar-refractivity contribution in [3.05, 3.63) is 60.2 Å². The molecule has 2 aromatic rings. The zero-order chi connectivity index (χ0) is 14.0.